The second-order valence-corrected chi connectivity index (χ2v) is 5.19. The molecule has 19 heavy (non-hydrogen) atoms. The van der Waals surface area contributed by atoms with Crippen LogP contribution in [0.5, 0.6) is 0 Å². The second kappa shape index (κ2) is 4.88. The molecule has 0 aliphatic heterocycles. The van der Waals surface area contributed by atoms with Crippen LogP contribution in [-0.4, -0.2) is 16.1 Å². The van der Waals surface area contributed by atoms with Gasteiger partial charge in [0.05, 0.1) is 5.92 Å². The zero-order chi connectivity index (χ0) is 14.2. The third-order valence-corrected chi connectivity index (χ3v) is 3.35. The molecule has 0 spiro atoms. The molecule has 0 bridgehead atoms. The molecule has 1 aromatic heterocycles. The summed E-state index contributed by atoms with van der Waals surface area (Å²) >= 11 is 0. The molecule has 1 heterocycles. The van der Waals surface area contributed by atoms with Gasteiger partial charge in [-0.1, -0.05) is 19.9 Å². The van der Waals surface area contributed by atoms with Gasteiger partial charge in [0.25, 0.3) is 5.56 Å². The Kier molecular flexibility index (Phi) is 3.42. The van der Waals surface area contributed by atoms with Crippen molar-refractivity contribution in [2.45, 2.75) is 26.7 Å². The van der Waals surface area contributed by atoms with Gasteiger partial charge in [-0.25, -0.2) is 0 Å². The minimum atomic E-state index is -0.824. The number of nitrogens with one attached hydrogen (secondary N) is 1. The SMILES string of the molecule is Cc1cc2cc(C(C(=O)O)C(C)C)ccc2[nH]c1=O. The van der Waals surface area contributed by atoms with E-state index in [1.165, 1.54) is 0 Å². The molecule has 1 atom stereocenters. The number of carbonyl (C=O) groups is 1. The third kappa shape index (κ3) is 2.52. The molecule has 0 aliphatic rings. The van der Waals surface area contributed by atoms with Gasteiger partial charge >= 0.3 is 5.97 Å². The van der Waals surface area contributed by atoms with Crippen LogP contribution in [0.15, 0.2) is 29.1 Å². The van der Waals surface area contributed by atoms with Gasteiger partial charge < -0.3 is 10.1 Å². The van der Waals surface area contributed by atoms with Crippen molar-refractivity contribution in [3.8, 4) is 0 Å². The van der Waals surface area contributed by atoms with Crippen LogP contribution in [0.2, 0.25) is 0 Å². The number of carboxylic acids is 1. The third-order valence-electron chi connectivity index (χ3n) is 3.35. The number of carboxylic acid groups (broad SMARTS) is 1. The summed E-state index contributed by atoms with van der Waals surface area (Å²) in [5.74, 6) is -1.34. The molecule has 0 saturated carbocycles. The van der Waals surface area contributed by atoms with Crippen LogP contribution in [0.4, 0.5) is 0 Å². The summed E-state index contributed by atoms with van der Waals surface area (Å²) in [5, 5.41) is 10.2. The van der Waals surface area contributed by atoms with Crippen LogP contribution >= 0.6 is 0 Å². The zero-order valence-corrected chi connectivity index (χ0v) is 11.2. The van der Waals surface area contributed by atoms with Crippen molar-refractivity contribution >= 4 is 16.9 Å². The number of aryl methyl sites for hydroxylation is 1. The maximum Gasteiger partial charge on any atom is 0.311 e. The molecule has 0 aliphatic carbocycles. The number of aliphatic carboxylic acids is 1. The fourth-order valence-corrected chi connectivity index (χ4v) is 2.34. The molecule has 100 valence electrons. The Morgan fingerprint density at radius 1 is 1.26 bits per heavy atom. The second-order valence-electron chi connectivity index (χ2n) is 5.19. The van der Waals surface area contributed by atoms with Crippen LogP contribution in [0.3, 0.4) is 0 Å². The van der Waals surface area contributed by atoms with Crippen molar-refractivity contribution in [1.29, 1.82) is 0 Å². The van der Waals surface area contributed by atoms with E-state index in [2.05, 4.69) is 4.98 Å². The first kappa shape index (κ1) is 13.3. The number of rotatable bonds is 3. The monoisotopic (exact) mass is 259 g/mol. The number of aromatic amines is 1. The minimum absolute atomic E-state index is 0.0128. The van der Waals surface area contributed by atoms with Crippen molar-refractivity contribution in [2.75, 3.05) is 0 Å². The van der Waals surface area contributed by atoms with Crippen molar-refractivity contribution in [3.05, 3.63) is 45.7 Å². The van der Waals surface area contributed by atoms with Crippen molar-refractivity contribution < 1.29 is 9.90 Å². The Labute approximate surface area is 111 Å². The minimum Gasteiger partial charge on any atom is -0.481 e. The molecule has 2 aromatic rings. The molecule has 1 aromatic carbocycles. The van der Waals surface area contributed by atoms with Crippen LogP contribution in [0.1, 0.15) is 30.9 Å². The molecular weight excluding hydrogens is 242 g/mol. The highest BCUT2D eigenvalue weighted by atomic mass is 16.4. The highest BCUT2D eigenvalue weighted by Gasteiger charge is 2.23. The number of benzene rings is 1. The summed E-state index contributed by atoms with van der Waals surface area (Å²) in [7, 11) is 0. The highest BCUT2D eigenvalue weighted by Crippen LogP contribution is 2.27. The number of hydrogen-bond acceptors (Lipinski definition) is 2. The van der Waals surface area contributed by atoms with E-state index in [4.69, 9.17) is 0 Å². The summed E-state index contributed by atoms with van der Waals surface area (Å²) in [5.41, 5.74) is 2.01. The Hall–Kier alpha value is -2.10. The van der Waals surface area contributed by atoms with Gasteiger partial charge in [0.15, 0.2) is 0 Å². The average molecular weight is 259 g/mol. The van der Waals surface area contributed by atoms with Crippen molar-refractivity contribution in [3.63, 3.8) is 0 Å². The van der Waals surface area contributed by atoms with E-state index in [1.54, 1.807) is 25.1 Å². The lowest BCUT2D eigenvalue weighted by molar-refractivity contribution is -0.139. The maximum absolute atomic E-state index is 11.5. The largest absolute Gasteiger partial charge is 0.481 e. The van der Waals surface area contributed by atoms with E-state index < -0.39 is 11.9 Å². The zero-order valence-electron chi connectivity index (χ0n) is 11.2. The number of pyridine rings is 1. The molecule has 4 nitrogen and oxygen atoms in total. The van der Waals surface area contributed by atoms with Gasteiger partial charge in [-0.2, -0.15) is 0 Å². The first-order valence-corrected chi connectivity index (χ1v) is 6.26. The molecular formula is C15H17NO3. The lowest BCUT2D eigenvalue weighted by Crippen LogP contribution is -2.17. The van der Waals surface area contributed by atoms with Gasteiger partial charge in [0.2, 0.25) is 0 Å². The molecule has 0 radical (unpaired) electrons. The Morgan fingerprint density at radius 3 is 2.53 bits per heavy atom. The number of aromatic nitrogens is 1. The molecule has 0 fully saturated rings. The van der Waals surface area contributed by atoms with Gasteiger partial charge in [-0.05, 0) is 42.0 Å². The fraction of sp³-hybridized carbons (Fsp3) is 0.333. The Morgan fingerprint density at radius 2 is 1.95 bits per heavy atom. The predicted octanol–water partition coefficient (Wildman–Crippen LogP) is 2.66. The van der Waals surface area contributed by atoms with E-state index in [0.29, 0.717) is 5.56 Å². The standard InChI is InChI=1S/C15H17NO3/c1-8(2)13(15(18)19)10-4-5-12-11(7-10)6-9(3)14(17)16-12/h4-8,13H,1-3H3,(H,16,17)(H,18,19). The first-order chi connectivity index (χ1) is 8.90. The van der Waals surface area contributed by atoms with E-state index in [1.807, 2.05) is 19.9 Å². The smallest absolute Gasteiger partial charge is 0.311 e. The van der Waals surface area contributed by atoms with E-state index in [9.17, 15) is 14.7 Å². The number of fused-ring (bicyclic) bond motifs is 1. The number of hydrogen-bond donors (Lipinski definition) is 2. The van der Waals surface area contributed by atoms with E-state index >= 15 is 0 Å². The number of H-pyrrole nitrogens is 1. The summed E-state index contributed by atoms with van der Waals surface area (Å²) in [4.78, 5) is 25.6. The molecule has 0 amide bonds. The summed E-state index contributed by atoms with van der Waals surface area (Å²) in [6, 6.07) is 7.17. The summed E-state index contributed by atoms with van der Waals surface area (Å²) in [6.45, 7) is 5.52. The van der Waals surface area contributed by atoms with Crippen LogP contribution in [0, 0.1) is 12.8 Å². The van der Waals surface area contributed by atoms with E-state index in [0.717, 1.165) is 16.5 Å². The Balaban J connectivity index is 2.60. The summed E-state index contributed by atoms with van der Waals surface area (Å²) in [6.07, 6.45) is 0. The average Bonchev–Trinajstić information content (AvgIpc) is 2.30. The molecule has 0 saturated heterocycles. The lowest BCUT2D eigenvalue weighted by atomic mass is 9.88. The predicted molar refractivity (Wildman–Crippen MR) is 74.5 cm³/mol. The van der Waals surface area contributed by atoms with Gasteiger partial charge in [-0.3, -0.25) is 9.59 Å². The van der Waals surface area contributed by atoms with Gasteiger partial charge in [0, 0.05) is 11.1 Å². The first-order valence-electron chi connectivity index (χ1n) is 6.26. The normalized spacial score (nSPS) is 12.8. The fourth-order valence-electron chi connectivity index (χ4n) is 2.34. The Bertz CT molecular complexity index is 685. The topological polar surface area (TPSA) is 70.2 Å². The van der Waals surface area contributed by atoms with Gasteiger partial charge in [-0.15, -0.1) is 0 Å². The maximum atomic E-state index is 11.5. The van der Waals surface area contributed by atoms with Crippen molar-refractivity contribution in [1.82, 2.24) is 4.98 Å². The van der Waals surface area contributed by atoms with Crippen molar-refractivity contribution in [2.24, 2.45) is 5.92 Å². The van der Waals surface area contributed by atoms with Crippen LogP contribution in [0.25, 0.3) is 10.9 Å². The van der Waals surface area contributed by atoms with Crippen LogP contribution < -0.4 is 5.56 Å². The summed E-state index contributed by atoms with van der Waals surface area (Å²) < 4.78 is 0. The van der Waals surface area contributed by atoms with Gasteiger partial charge in [0.1, 0.15) is 0 Å². The molecule has 2 rings (SSSR count). The molecule has 2 N–H and O–H groups in total. The van der Waals surface area contributed by atoms with E-state index in [-0.39, 0.29) is 11.5 Å². The van der Waals surface area contributed by atoms with Crippen LogP contribution in [-0.2, 0) is 4.79 Å². The highest BCUT2D eigenvalue weighted by molar-refractivity contribution is 5.83. The molecule has 4 heteroatoms. The lowest BCUT2D eigenvalue weighted by Gasteiger charge is -2.17. The quantitative estimate of drug-likeness (QED) is 0.890. The molecule has 1 unspecified atom stereocenters.